The zero-order valence-corrected chi connectivity index (χ0v) is 13.2. The quantitative estimate of drug-likeness (QED) is 0.773. The number of benzene rings is 1. The van der Waals surface area contributed by atoms with E-state index in [2.05, 4.69) is 5.32 Å². The van der Waals surface area contributed by atoms with Crippen LogP contribution in [0.25, 0.3) is 0 Å². The Labute approximate surface area is 126 Å². The van der Waals surface area contributed by atoms with Gasteiger partial charge in [-0.15, -0.1) is 0 Å². The lowest BCUT2D eigenvalue weighted by Gasteiger charge is -2.16. The Kier molecular flexibility index (Phi) is 7.02. The molecule has 2 unspecified atom stereocenters. The average Bonchev–Trinajstić information content (AvgIpc) is 2.51. The molecule has 0 aliphatic rings. The number of carbonyl (C=O) groups is 1. The highest BCUT2D eigenvalue weighted by Crippen LogP contribution is 2.31. The zero-order chi connectivity index (χ0) is 15.8. The Morgan fingerprint density at radius 1 is 1.33 bits per heavy atom. The van der Waals surface area contributed by atoms with Crippen LogP contribution in [0.4, 0.5) is 0 Å². The molecule has 0 saturated heterocycles. The summed E-state index contributed by atoms with van der Waals surface area (Å²) in [5.41, 5.74) is 0.662. The average molecular weight is 295 g/mol. The standard InChI is InChI=1S/C16H25NO4/c1-5-11(2)17-16(19)9-8-14(18)13-7-6-12(20-3)10-15(13)21-4/h6-7,10-11,14,18H,5,8-9H2,1-4H3,(H,17,19). The van der Waals surface area contributed by atoms with Crippen molar-refractivity contribution in [2.45, 2.75) is 45.3 Å². The third-order valence-electron chi connectivity index (χ3n) is 3.46. The number of hydrogen-bond donors (Lipinski definition) is 2. The van der Waals surface area contributed by atoms with Gasteiger partial charge < -0.3 is 19.9 Å². The van der Waals surface area contributed by atoms with Gasteiger partial charge in [0.1, 0.15) is 11.5 Å². The van der Waals surface area contributed by atoms with Gasteiger partial charge >= 0.3 is 0 Å². The predicted molar refractivity (Wildman–Crippen MR) is 81.6 cm³/mol. The van der Waals surface area contributed by atoms with Crippen LogP contribution in [0.15, 0.2) is 18.2 Å². The molecule has 1 aromatic carbocycles. The summed E-state index contributed by atoms with van der Waals surface area (Å²) in [7, 11) is 3.12. The van der Waals surface area contributed by atoms with Gasteiger partial charge in [-0.25, -0.2) is 0 Å². The minimum Gasteiger partial charge on any atom is -0.497 e. The molecule has 5 heteroatoms. The van der Waals surface area contributed by atoms with Gasteiger partial charge in [0.25, 0.3) is 0 Å². The molecule has 2 atom stereocenters. The number of aliphatic hydroxyl groups is 1. The van der Waals surface area contributed by atoms with E-state index in [4.69, 9.17) is 9.47 Å². The molecule has 0 bridgehead atoms. The molecule has 5 nitrogen and oxygen atoms in total. The molecule has 0 saturated carbocycles. The number of aliphatic hydroxyl groups excluding tert-OH is 1. The van der Waals surface area contributed by atoms with Crippen LogP contribution >= 0.6 is 0 Å². The van der Waals surface area contributed by atoms with Crippen molar-refractivity contribution < 1.29 is 19.4 Å². The van der Waals surface area contributed by atoms with Crippen molar-refractivity contribution in [2.75, 3.05) is 14.2 Å². The first-order valence-electron chi connectivity index (χ1n) is 7.21. The van der Waals surface area contributed by atoms with Crippen LogP contribution in [0, 0.1) is 0 Å². The molecular formula is C16H25NO4. The summed E-state index contributed by atoms with van der Waals surface area (Å²) >= 11 is 0. The Hall–Kier alpha value is -1.75. The highest BCUT2D eigenvalue weighted by Gasteiger charge is 2.16. The summed E-state index contributed by atoms with van der Waals surface area (Å²) in [5.74, 6) is 1.18. The fourth-order valence-electron chi connectivity index (χ4n) is 1.97. The zero-order valence-electron chi connectivity index (χ0n) is 13.2. The number of carbonyl (C=O) groups excluding carboxylic acids is 1. The van der Waals surface area contributed by atoms with Gasteiger partial charge in [0.05, 0.1) is 20.3 Å². The van der Waals surface area contributed by atoms with Crippen molar-refractivity contribution in [1.29, 1.82) is 0 Å². The molecular weight excluding hydrogens is 270 g/mol. The van der Waals surface area contributed by atoms with E-state index in [9.17, 15) is 9.90 Å². The fourth-order valence-corrected chi connectivity index (χ4v) is 1.97. The van der Waals surface area contributed by atoms with Crippen molar-refractivity contribution in [3.8, 4) is 11.5 Å². The first-order chi connectivity index (χ1) is 10.0. The number of nitrogens with one attached hydrogen (secondary N) is 1. The van der Waals surface area contributed by atoms with E-state index in [1.165, 1.54) is 0 Å². The molecule has 0 aliphatic carbocycles. The number of amides is 1. The molecule has 0 aromatic heterocycles. The number of ether oxygens (including phenoxy) is 2. The Bertz CT molecular complexity index is 462. The molecule has 0 aliphatic heterocycles. The van der Waals surface area contributed by atoms with Crippen molar-refractivity contribution in [2.24, 2.45) is 0 Å². The van der Waals surface area contributed by atoms with Crippen LogP contribution < -0.4 is 14.8 Å². The molecule has 0 fully saturated rings. The lowest BCUT2D eigenvalue weighted by Crippen LogP contribution is -2.31. The number of rotatable bonds is 8. The highest BCUT2D eigenvalue weighted by molar-refractivity contribution is 5.76. The predicted octanol–water partition coefficient (Wildman–Crippen LogP) is 2.43. The number of hydrogen-bond acceptors (Lipinski definition) is 4. The second-order valence-electron chi connectivity index (χ2n) is 5.04. The van der Waals surface area contributed by atoms with Gasteiger partial charge in [-0.2, -0.15) is 0 Å². The minimum absolute atomic E-state index is 0.0455. The van der Waals surface area contributed by atoms with Gasteiger partial charge in [-0.05, 0) is 31.9 Å². The van der Waals surface area contributed by atoms with E-state index in [0.717, 1.165) is 6.42 Å². The molecule has 0 radical (unpaired) electrons. The van der Waals surface area contributed by atoms with E-state index in [-0.39, 0.29) is 18.4 Å². The molecule has 0 spiro atoms. The second kappa shape index (κ2) is 8.52. The molecule has 21 heavy (non-hydrogen) atoms. The van der Waals surface area contributed by atoms with Crippen molar-refractivity contribution >= 4 is 5.91 Å². The maximum atomic E-state index is 11.7. The monoisotopic (exact) mass is 295 g/mol. The third kappa shape index (κ3) is 5.27. The summed E-state index contributed by atoms with van der Waals surface area (Å²) in [4.78, 5) is 11.7. The summed E-state index contributed by atoms with van der Waals surface area (Å²) < 4.78 is 10.4. The van der Waals surface area contributed by atoms with Crippen LogP contribution in [0.2, 0.25) is 0 Å². The maximum absolute atomic E-state index is 11.7. The van der Waals surface area contributed by atoms with Crippen LogP contribution in [0.3, 0.4) is 0 Å². The normalized spacial score (nSPS) is 13.4. The molecule has 1 amide bonds. The smallest absolute Gasteiger partial charge is 0.220 e. The fraction of sp³-hybridized carbons (Fsp3) is 0.562. The third-order valence-corrected chi connectivity index (χ3v) is 3.46. The Morgan fingerprint density at radius 2 is 2.05 bits per heavy atom. The van der Waals surface area contributed by atoms with E-state index >= 15 is 0 Å². The van der Waals surface area contributed by atoms with Crippen molar-refractivity contribution in [3.05, 3.63) is 23.8 Å². The lowest BCUT2D eigenvalue weighted by atomic mass is 10.0. The van der Waals surface area contributed by atoms with Gasteiger partial charge in [-0.3, -0.25) is 4.79 Å². The highest BCUT2D eigenvalue weighted by atomic mass is 16.5. The Balaban J connectivity index is 2.63. The van der Waals surface area contributed by atoms with Crippen molar-refractivity contribution in [3.63, 3.8) is 0 Å². The molecule has 0 heterocycles. The summed E-state index contributed by atoms with van der Waals surface area (Å²) in [5, 5.41) is 13.1. The summed E-state index contributed by atoms with van der Waals surface area (Å²) in [6.45, 7) is 3.98. The topological polar surface area (TPSA) is 67.8 Å². The van der Waals surface area contributed by atoms with Crippen LogP contribution in [-0.2, 0) is 4.79 Å². The van der Waals surface area contributed by atoms with E-state index < -0.39 is 6.10 Å². The lowest BCUT2D eigenvalue weighted by molar-refractivity contribution is -0.122. The maximum Gasteiger partial charge on any atom is 0.220 e. The summed E-state index contributed by atoms with van der Waals surface area (Å²) in [6.07, 6.45) is 0.778. The van der Waals surface area contributed by atoms with Crippen LogP contribution in [0.5, 0.6) is 11.5 Å². The largest absolute Gasteiger partial charge is 0.497 e. The summed E-state index contributed by atoms with van der Waals surface area (Å²) in [6, 6.07) is 5.40. The van der Waals surface area contributed by atoms with Crippen molar-refractivity contribution in [1.82, 2.24) is 5.32 Å². The van der Waals surface area contributed by atoms with Crippen LogP contribution in [-0.4, -0.2) is 31.3 Å². The van der Waals surface area contributed by atoms with E-state index in [1.54, 1.807) is 32.4 Å². The van der Waals surface area contributed by atoms with Gasteiger partial charge in [0.15, 0.2) is 0 Å². The SMILES string of the molecule is CCC(C)NC(=O)CCC(O)c1ccc(OC)cc1OC. The van der Waals surface area contributed by atoms with Gasteiger partial charge in [0.2, 0.25) is 5.91 Å². The van der Waals surface area contributed by atoms with Crippen LogP contribution in [0.1, 0.15) is 44.8 Å². The van der Waals surface area contributed by atoms with Gasteiger partial charge in [0, 0.05) is 24.1 Å². The molecule has 1 rings (SSSR count). The van der Waals surface area contributed by atoms with E-state index in [0.29, 0.717) is 23.5 Å². The first-order valence-corrected chi connectivity index (χ1v) is 7.21. The molecule has 2 N–H and O–H groups in total. The Morgan fingerprint density at radius 3 is 2.62 bits per heavy atom. The minimum atomic E-state index is -0.742. The second-order valence-corrected chi connectivity index (χ2v) is 5.04. The molecule has 1 aromatic rings. The van der Waals surface area contributed by atoms with E-state index in [1.807, 2.05) is 13.8 Å². The number of methoxy groups -OCH3 is 2. The molecule has 118 valence electrons. The first kappa shape index (κ1) is 17.3. The van der Waals surface area contributed by atoms with Gasteiger partial charge in [-0.1, -0.05) is 6.92 Å².